The molecule has 0 spiro atoms. The van der Waals surface area contributed by atoms with Crippen LogP contribution in [0, 0.1) is 5.92 Å². The summed E-state index contributed by atoms with van der Waals surface area (Å²) in [4.78, 5) is 10.8. The predicted octanol–water partition coefficient (Wildman–Crippen LogP) is 1.22. The minimum Gasteiger partial charge on any atom is -0.396 e. The Morgan fingerprint density at radius 2 is 2.33 bits per heavy atom. The lowest BCUT2D eigenvalue weighted by Crippen LogP contribution is -2.23. The third-order valence-electron chi connectivity index (χ3n) is 3.58. The lowest BCUT2D eigenvalue weighted by atomic mass is 10.1. The molecule has 5 nitrogen and oxygen atoms in total. The molecule has 0 aliphatic carbocycles. The summed E-state index contributed by atoms with van der Waals surface area (Å²) in [6, 6.07) is 0. The molecule has 1 aliphatic rings. The molecule has 1 aromatic heterocycles. The van der Waals surface area contributed by atoms with Crippen LogP contribution in [-0.4, -0.2) is 34.8 Å². The molecule has 18 heavy (non-hydrogen) atoms. The normalized spacial score (nSPS) is 19.4. The van der Waals surface area contributed by atoms with Gasteiger partial charge in [-0.15, -0.1) is 0 Å². The number of aliphatic hydroxyl groups excluding tert-OH is 1. The maximum Gasteiger partial charge on any atom is 0.137 e. The molecule has 2 heterocycles. The van der Waals surface area contributed by atoms with Gasteiger partial charge in [0, 0.05) is 25.3 Å². The van der Waals surface area contributed by atoms with Gasteiger partial charge in [0.25, 0.3) is 0 Å². The minimum atomic E-state index is 0.270. The molecule has 0 amide bonds. The molecule has 1 fully saturated rings. The van der Waals surface area contributed by atoms with E-state index in [0.29, 0.717) is 11.7 Å². The molecular formula is C13H22N4O. The van der Waals surface area contributed by atoms with Gasteiger partial charge in [-0.05, 0) is 25.2 Å². The summed E-state index contributed by atoms with van der Waals surface area (Å²) in [5.41, 5.74) is 7.02. The summed E-state index contributed by atoms with van der Waals surface area (Å²) in [5.74, 6) is 2.16. The standard InChI is InChI=1S/C13H22N4O/c1-2-3-11-12(14)15-9-16-13(11)17-6-4-10(8-17)5-7-18/h9-10,18H,2-8H2,1H3,(H2,14,15,16). The maximum absolute atomic E-state index is 9.00. The van der Waals surface area contributed by atoms with Gasteiger partial charge >= 0.3 is 0 Å². The van der Waals surface area contributed by atoms with Crippen LogP contribution in [0.15, 0.2) is 6.33 Å². The first-order chi connectivity index (χ1) is 8.76. The van der Waals surface area contributed by atoms with E-state index in [1.807, 2.05) is 0 Å². The van der Waals surface area contributed by atoms with Crippen molar-refractivity contribution >= 4 is 11.6 Å². The molecule has 0 saturated carbocycles. The number of nitrogens with zero attached hydrogens (tertiary/aromatic N) is 3. The van der Waals surface area contributed by atoms with Crippen LogP contribution in [0.5, 0.6) is 0 Å². The zero-order valence-electron chi connectivity index (χ0n) is 11.0. The monoisotopic (exact) mass is 250 g/mol. The number of rotatable bonds is 5. The van der Waals surface area contributed by atoms with E-state index in [4.69, 9.17) is 10.8 Å². The van der Waals surface area contributed by atoms with Crippen molar-refractivity contribution in [2.45, 2.75) is 32.6 Å². The lowest BCUT2D eigenvalue weighted by molar-refractivity contribution is 0.263. The molecule has 0 aromatic carbocycles. The van der Waals surface area contributed by atoms with E-state index in [9.17, 15) is 0 Å². The highest BCUT2D eigenvalue weighted by atomic mass is 16.3. The van der Waals surface area contributed by atoms with Gasteiger partial charge in [-0.2, -0.15) is 0 Å². The van der Waals surface area contributed by atoms with Gasteiger partial charge in [-0.1, -0.05) is 13.3 Å². The van der Waals surface area contributed by atoms with E-state index >= 15 is 0 Å². The first-order valence-corrected chi connectivity index (χ1v) is 6.71. The van der Waals surface area contributed by atoms with Crippen LogP contribution in [-0.2, 0) is 6.42 Å². The number of nitrogens with two attached hydrogens (primary N) is 1. The van der Waals surface area contributed by atoms with Crippen molar-refractivity contribution in [3.8, 4) is 0 Å². The van der Waals surface area contributed by atoms with Gasteiger partial charge in [0.1, 0.15) is 18.0 Å². The fraction of sp³-hybridized carbons (Fsp3) is 0.692. The van der Waals surface area contributed by atoms with Crippen molar-refractivity contribution in [1.82, 2.24) is 9.97 Å². The van der Waals surface area contributed by atoms with E-state index in [-0.39, 0.29) is 6.61 Å². The Morgan fingerprint density at radius 1 is 1.50 bits per heavy atom. The second kappa shape index (κ2) is 6.00. The molecule has 5 heteroatoms. The number of hydrogen-bond donors (Lipinski definition) is 2. The van der Waals surface area contributed by atoms with E-state index < -0.39 is 0 Å². The van der Waals surface area contributed by atoms with Crippen LogP contribution < -0.4 is 10.6 Å². The SMILES string of the molecule is CCCc1c(N)ncnc1N1CCC(CCO)C1. The Morgan fingerprint density at radius 3 is 3.06 bits per heavy atom. The minimum absolute atomic E-state index is 0.270. The Bertz CT molecular complexity index is 397. The molecule has 3 N–H and O–H groups in total. The highest BCUT2D eigenvalue weighted by molar-refractivity contribution is 5.57. The second-order valence-corrected chi connectivity index (χ2v) is 4.92. The molecule has 2 rings (SSSR count). The average Bonchev–Trinajstić information content (AvgIpc) is 2.81. The van der Waals surface area contributed by atoms with Crippen molar-refractivity contribution in [2.75, 3.05) is 30.3 Å². The number of nitrogen functional groups attached to an aromatic ring is 1. The Balaban J connectivity index is 2.16. The van der Waals surface area contributed by atoms with Gasteiger partial charge < -0.3 is 15.7 Å². The number of aromatic nitrogens is 2. The third-order valence-corrected chi connectivity index (χ3v) is 3.58. The number of aliphatic hydroxyl groups is 1. The van der Waals surface area contributed by atoms with Crippen molar-refractivity contribution in [3.63, 3.8) is 0 Å². The smallest absolute Gasteiger partial charge is 0.137 e. The molecular weight excluding hydrogens is 228 g/mol. The average molecular weight is 250 g/mol. The van der Waals surface area contributed by atoms with E-state index in [1.165, 1.54) is 0 Å². The quantitative estimate of drug-likeness (QED) is 0.822. The van der Waals surface area contributed by atoms with Crippen molar-refractivity contribution in [3.05, 3.63) is 11.9 Å². The molecule has 1 aliphatic heterocycles. The van der Waals surface area contributed by atoms with E-state index in [1.54, 1.807) is 6.33 Å². The zero-order valence-corrected chi connectivity index (χ0v) is 11.0. The predicted molar refractivity (Wildman–Crippen MR) is 72.5 cm³/mol. The highest BCUT2D eigenvalue weighted by Crippen LogP contribution is 2.29. The highest BCUT2D eigenvalue weighted by Gasteiger charge is 2.25. The van der Waals surface area contributed by atoms with Crippen molar-refractivity contribution in [2.24, 2.45) is 5.92 Å². The van der Waals surface area contributed by atoms with Crippen LogP contribution >= 0.6 is 0 Å². The third kappa shape index (κ3) is 2.72. The summed E-state index contributed by atoms with van der Waals surface area (Å²) in [6.07, 6.45) is 5.50. The van der Waals surface area contributed by atoms with Gasteiger partial charge in [0.05, 0.1) is 0 Å². The first-order valence-electron chi connectivity index (χ1n) is 6.71. The molecule has 1 unspecified atom stereocenters. The molecule has 0 radical (unpaired) electrons. The summed E-state index contributed by atoms with van der Waals surface area (Å²) >= 11 is 0. The number of hydrogen-bond acceptors (Lipinski definition) is 5. The van der Waals surface area contributed by atoms with Crippen LogP contribution in [0.1, 0.15) is 31.7 Å². The molecule has 100 valence electrons. The van der Waals surface area contributed by atoms with Gasteiger partial charge in [-0.3, -0.25) is 0 Å². The molecule has 1 saturated heterocycles. The van der Waals surface area contributed by atoms with Crippen LogP contribution in [0.3, 0.4) is 0 Å². The largest absolute Gasteiger partial charge is 0.396 e. The molecule has 1 atom stereocenters. The van der Waals surface area contributed by atoms with Gasteiger partial charge in [0.2, 0.25) is 0 Å². The summed E-state index contributed by atoms with van der Waals surface area (Å²) in [5, 5.41) is 9.00. The molecule has 0 bridgehead atoms. The Kier molecular flexibility index (Phi) is 4.36. The van der Waals surface area contributed by atoms with Crippen molar-refractivity contribution in [1.29, 1.82) is 0 Å². The lowest BCUT2D eigenvalue weighted by Gasteiger charge is -2.21. The van der Waals surface area contributed by atoms with Crippen LogP contribution in [0.25, 0.3) is 0 Å². The Hall–Kier alpha value is -1.36. The fourth-order valence-corrected chi connectivity index (χ4v) is 2.62. The van der Waals surface area contributed by atoms with Gasteiger partial charge in [-0.25, -0.2) is 9.97 Å². The topological polar surface area (TPSA) is 75.3 Å². The maximum atomic E-state index is 9.00. The fourth-order valence-electron chi connectivity index (χ4n) is 2.62. The summed E-state index contributed by atoms with van der Waals surface area (Å²) in [7, 11) is 0. The summed E-state index contributed by atoms with van der Waals surface area (Å²) in [6.45, 7) is 4.37. The van der Waals surface area contributed by atoms with Crippen LogP contribution in [0.4, 0.5) is 11.6 Å². The molecule has 1 aromatic rings. The van der Waals surface area contributed by atoms with Crippen LogP contribution in [0.2, 0.25) is 0 Å². The zero-order chi connectivity index (χ0) is 13.0. The summed E-state index contributed by atoms with van der Waals surface area (Å²) < 4.78 is 0. The second-order valence-electron chi connectivity index (χ2n) is 4.92. The first kappa shape index (κ1) is 13.1. The van der Waals surface area contributed by atoms with Crippen molar-refractivity contribution < 1.29 is 5.11 Å². The Labute approximate surface area is 108 Å². The van der Waals surface area contributed by atoms with E-state index in [2.05, 4.69) is 21.8 Å². The van der Waals surface area contributed by atoms with E-state index in [0.717, 1.165) is 50.2 Å². The van der Waals surface area contributed by atoms with Gasteiger partial charge in [0.15, 0.2) is 0 Å². The number of anilines is 2.